The van der Waals surface area contributed by atoms with Gasteiger partial charge < -0.3 is 14.8 Å². The van der Waals surface area contributed by atoms with E-state index in [1.54, 1.807) is 0 Å². The van der Waals surface area contributed by atoms with E-state index in [0.717, 1.165) is 12.1 Å². The fraction of sp³-hybridized carbons (Fsp3) is 0.438. The average Bonchev–Trinajstić information content (AvgIpc) is 2.53. The number of rotatable bonds is 4. The summed E-state index contributed by atoms with van der Waals surface area (Å²) in [6.45, 7) is 4.98. The van der Waals surface area contributed by atoms with Gasteiger partial charge in [0.2, 0.25) is 0 Å². The first-order valence-electron chi connectivity index (χ1n) is 7.16. The lowest BCUT2D eigenvalue weighted by Crippen LogP contribution is -2.40. The summed E-state index contributed by atoms with van der Waals surface area (Å²) in [5, 5.41) is 4.70. The Kier molecular flexibility index (Phi) is 4.25. The van der Waals surface area contributed by atoms with Gasteiger partial charge in [-0.25, -0.2) is 0 Å². The maximum Gasteiger partial charge on any atom is 0.100 e. The molecule has 1 aromatic carbocycles. The molecule has 20 heavy (non-hydrogen) atoms. The fourth-order valence-electron chi connectivity index (χ4n) is 2.76. The second-order valence-corrected chi connectivity index (χ2v) is 4.94. The molecule has 2 aromatic rings. The zero-order chi connectivity index (χ0) is 13.8. The van der Waals surface area contributed by atoms with Crippen LogP contribution in [-0.4, -0.2) is 37.5 Å². The van der Waals surface area contributed by atoms with Crippen LogP contribution in [-0.2, 0) is 9.47 Å². The molecule has 2 heterocycles. The van der Waals surface area contributed by atoms with Gasteiger partial charge in [-0.15, -0.1) is 0 Å². The molecule has 0 aliphatic carbocycles. The molecule has 3 rings (SSSR count). The molecule has 1 N–H and O–H groups in total. The molecule has 2 atom stereocenters. The number of benzene rings is 1. The lowest BCUT2D eigenvalue weighted by molar-refractivity contribution is -0.102. The van der Waals surface area contributed by atoms with E-state index in [1.807, 2.05) is 18.3 Å². The van der Waals surface area contributed by atoms with Gasteiger partial charge in [-0.2, -0.15) is 0 Å². The predicted octanol–water partition coefficient (Wildman–Crippen LogP) is 2.30. The van der Waals surface area contributed by atoms with Crippen LogP contribution in [0, 0.1) is 0 Å². The zero-order valence-corrected chi connectivity index (χ0v) is 11.7. The van der Waals surface area contributed by atoms with Gasteiger partial charge in [0.1, 0.15) is 6.10 Å². The molecule has 1 aliphatic rings. The molecular weight excluding hydrogens is 252 g/mol. The van der Waals surface area contributed by atoms with Crippen LogP contribution < -0.4 is 5.32 Å². The highest BCUT2D eigenvalue weighted by Gasteiger charge is 2.27. The summed E-state index contributed by atoms with van der Waals surface area (Å²) >= 11 is 0. The zero-order valence-electron chi connectivity index (χ0n) is 11.7. The summed E-state index contributed by atoms with van der Waals surface area (Å²) in [5.74, 6) is 0. The van der Waals surface area contributed by atoms with E-state index in [0.29, 0.717) is 19.8 Å². The molecule has 4 heteroatoms. The molecule has 1 aromatic heterocycles. The number of hydrogen-bond acceptors (Lipinski definition) is 4. The van der Waals surface area contributed by atoms with Gasteiger partial charge in [0, 0.05) is 11.6 Å². The summed E-state index contributed by atoms with van der Waals surface area (Å²) in [4.78, 5) is 4.43. The normalized spacial score (nSPS) is 20.9. The van der Waals surface area contributed by atoms with E-state index in [-0.39, 0.29) is 12.1 Å². The Balaban J connectivity index is 2.00. The van der Waals surface area contributed by atoms with Crippen molar-refractivity contribution >= 4 is 10.9 Å². The first kappa shape index (κ1) is 13.5. The lowest BCUT2D eigenvalue weighted by atomic mass is 9.97. The summed E-state index contributed by atoms with van der Waals surface area (Å²) in [5.41, 5.74) is 2.25. The molecule has 2 unspecified atom stereocenters. The highest BCUT2D eigenvalue weighted by Crippen LogP contribution is 2.27. The highest BCUT2D eigenvalue weighted by atomic mass is 16.6. The van der Waals surface area contributed by atoms with Crippen LogP contribution in [0.15, 0.2) is 36.5 Å². The van der Waals surface area contributed by atoms with Crippen molar-refractivity contribution in [2.75, 3.05) is 26.4 Å². The van der Waals surface area contributed by atoms with Gasteiger partial charge in [-0.3, -0.25) is 4.98 Å². The monoisotopic (exact) mass is 272 g/mol. The van der Waals surface area contributed by atoms with E-state index in [1.165, 1.54) is 10.9 Å². The third-order valence-corrected chi connectivity index (χ3v) is 3.65. The Hall–Kier alpha value is -1.49. The molecule has 0 spiro atoms. The standard InChI is InChI=1S/C16H20N2O2/c1-2-17-16(15-11-19-9-10-20-15)13-5-3-7-14-12(13)6-4-8-18-14/h3-8,15-17H,2,9-11H2,1H3. The first-order valence-corrected chi connectivity index (χ1v) is 7.16. The minimum absolute atomic E-state index is 0.0505. The van der Waals surface area contributed by atoms with Crippen molar-refractivity contribution in [1.82, 2.24) is 10.3 Å². The topological polar surface area (TPSA) is 43.4 Å². The minimum Gasteiger partial charge on any atom is -0.376 e. The molecule has 0 saturated carbocycles. The van der Waals surface area contributed by atoms with Gasteiger partial charge in [-0.05, 0) is 24.2 Å². The summed E-state index contributed by atoms with van der Waals surface area (Å²) < 4.78 is 11.5. The van der Waals surface area contributed by atoms with Gasteiger partial charge in [0.15, 0.2) is 0 Å². The van der Waals surface area contributed by atoms with Crippen molar-refractivity contribution in [3.8, 4) is 0 Å². The summed E-state index contributed by atoms with van der Waals surface area (Å²) in [6.07, 6.45) is 1.88. The highest BCUT2D eigenvalue weighted by molar-refractivity contribution is 5.82. The van der Waals surface area contributed by atoms with Crippen LogP contribution in [0.3, 0.4) is 0 Å². The Morgan fingerprint density at radius 1 is 1.30 bits per heavy atom. The van der Waals surface area contributed by atoms with Crippen LogP contribution in [0.25, 0.3) is 10.9 Å². The molecule has 0 radical (unpaired) electrons. The first-order chi connectivity index (χ1) is 9.90. The van der Waals surface area contributed by atoms with E-state index >= 15 is 0 Å². The number of nitrogens with one attached hydrogen (secondary N) is 1. The Morgan fingerprint density at radius 3 is 3.05 bits per heavy atom. The van der Waals surface area contributed by atoms with Crippen LogP contribution in [0.2, 0.25) is 0 Å². The van der Waals surface area contributed by atoms with Gasteiger partial charge in [0.25, 0.3) is 0 Å². The third kappa shape index (κ3) is 2.68. The second-order valence-electron chi connectivity index (χ2n) is 4.94. The van der Waals surface area contributed by atoms with Gasteiger partial charge in [-0.1, -0.05) is 25.1 Å². The van der Waals surface area contributed by atoms with Crippen molar-refractivity contribution < 1.29 is 9.47 Å². The molecule has 1 fully saturated rings. The lowest BCUT2D eigenvalue weighted by Gasteiger charge is -2.31. The van der Waals surface area contributed by atoms with E-state index in [2.05, 4.69) is 35.4 Å². The largest absolute Gasteiger partial charge is 0.376 e. The maximum absolute atomic E-state index is 5.89. The molecule has 1 saturated heterocycles. The molecule has 106 valence electrons. The summed E-state index contributed by atoms with van der Waals surface area (Å²) in [7, 11) is 0. The Bertz CT molecular complexity index is 562. The minimum atomic E-state index is 0.0505. The molecule has 0 bridgehead atoms. The van der Waals surface area contributed by atoms with Crippen molar-refractivity contribution in [2.24, 2.45) is 0 Å². The second kappa shape index (κ2) is 6.31. The number of likely N-dealkylation sites (N-methyl/N-ethyl adjacent to an activating group) is 1. The third-order valence-electron chi connectivity index (χ3n) is 3.65. The Labute approximate surface area is 119 Å². The SMILES string of the molecule is CCNC(c1cccc2ncccc12)C1COCCO1. The number of aromatic nitrogens is 1. The maximum atomic E-state index is 5.89. The molecule has 4 nitrogen and oxygen atoms in total. The quantitative estimate of drug-likeness (QED) is 0.927. The molecule has 0 amide bonds. The van der Waals surface area contributed by atoms with Crippen molar-refractivity contribution in [1.29, 1.82) is 0 Å². The van der Waals surface area contributed by atoms with Crippen LogP contribution in [0.1, 0.15) is 18.5 Å². The van der Waals surface area contributed by atoms with E-state index in [9.17, 15) is 0 Å². The number of fused-ring (bicyclic) bond motifs is 1. The number of hydrogen-bond donors (Lipinski definition) is 1. The molecular formula is C16H20N2O2. The van der Waals surface area contributed by atoms with Crippen molar-refractivity contribution in [3.63, 3.8) is 0 Å². The Morgan fingerprint density at radius 2 is 2.25 bits per heavy atom. The average molecular weight is 272 g/mol. The van der Waals surface area contributed by atoms with Gasteiger partial charge >= 0.3 is 0 Å². The smallest absolute Gasteiger partial charge is 0.100 e. The van der Waals surface area contributed by atoms with Gasteiger partial charge in [0.05, 0.1) is 31.4 Å². The number of ether oxygens (including phenoxy) is 2. The summed E-state index contributed by atoms with van der Waals surface area (Å²) in [6, 6.07) is 10.5. The van der Waals surface area contributed by atoms with Crippen molar-refractivity contribution in [2.45, 2.75) is 19.1 Å². The fourth-order valence-corrected chi connectivity index (χ4v) is 2.76. The number of nitrogens with zero attached hydrogens (tertiary/aromatic N) is 1. The molecule has 1 aliphatic heterocycles. The number of pyridine rings is 1. The van der Waals surface area contributed by atoms with Crippen LogP contribution >= 0.6 is 0 Å². The van der Waals surface area contributed by atoms with E-state index in [4.69, 9.17) is 9.47 Å². The van der Waals surface area contributed by atoms with E-state index < -0.39 is 0 Å². The van der Waals surface area contributed by atoms with Crippen LogP contribution in [0.5, 0.6) is 0 Å². The predicted molar refractivity (Wildman–Crippen MR) is 78.7 cm³/mol. The van der Waals surface area contributed by atoms with Crippen molar-refractivity contribution in [3.05, 3.63) is 42.1 Å². The van der Waals surface area contributed by atoms with Crippen LogP contribution in [0.4, 0.5) is 0 Å².